The first-order valence-electron chi connectivity index (χ1n) is 4.56. The van der Waals surface area contributed by atoms with E-state index in [1.807, 2.05) is 31.4 Å². The van der Waals surface area contributed by atoms with Crippen LogP contribution in [-0.2, 0) is 6.54 Å². The van der Waals surface area contributed by atoms with Gasteiger partial charge in [0.25, 0.3) is 0 Å². The summed E-state index contributed by atoms with van der Waals surface area (Å²) in [7, 11) is 3.89. The van der Waals surface area contributed by atoms with Crippen molar-refractivity contribution >= 4 is 11.4 Å². The van der Waals surface area contributed by atoms with Gasteiger partial charge in [-0.25, -0.2) is 0 Å². The van der Waals surface area contributed by atoms with Crippen molar-refractivity contribution in [2.75, 3.05) is 19.1 Å². The third-order valence-electron chi connectivity index (χ3n) is 2.31. The van der Waals surface area contributed by atoms with Gasteiger partial charge in [-0.15, -0.1) is 0 Å². The molecule has 4 heteroatoms. The Bertz CT molecular complexity index is 372. The van der Waals surface area contributed by atoms with Crippen molar-refractivity contribution < 1.29 is 0 Å². The molecule has 74 valence electrons. The highest BCUT2D eigenvalue weighted by atomic mass is 15.5. The van der Waals surface area contributed by atoms with Crippen LogP contribution in [0.1, 0.15) is 11.3 Å². The van der Waals surface area contributed by atoms with Crippen molar-refractivity contribution in [1.29, 1.82) is 0 Å². The van der Waals surface area contributed by atoms with Gasteiger partial charge in [-0.05, 0) is 13.1 Å². The number of nitrogens with one attached hydrogen (secondary N) is 2. The summed E-state index contributed by atoms with van der Waals surface area (Å²) in [6.07, 6.45) is 1.82. The van der Waals surface area contributed by atoms with E-state index in [0.717, 1.165) is 29.2 Å². The van der Waals surface area contributed by atoms with Crippen molar-refractivity contribution in [3.8, 4) is 0 Å². The number of aromatic nitrogens is 1. The molecule has 4 nitrogen and oxygen atoms in total. The molecular formula is C10H14N4. The SMILES string of the molecule is C=C1NN(C)c2c1ccnc2CNC. The average Bonchev–Trinajstić information content (AvgIpc) is 2.44. The Labute approximate surface area is 83.6 Å². The van der Waals surface area contributed by atoms with Gasteiger partial charge in [0, 0.05) is 25.4 Å². The number of nitrogens with zero attached hydrogens (tertiary/aromatic N) is 2. The fraction of sp³-hybridized carbons (Fsp3) is 0.300. The predicted molar refractivity (Wildman–Crippen MR) is 57.6 cm³/mol. The number of anilines is 1. The van der Waals surface area contributed by atoms with E-state index in [4.69, 9.17) is 0 Å². The van der Waals surface area contributed by atoms with E-state index >= 15 is 0 Å². The Morgan fingerprint density at radius 1 is 1.64 bits per heavy atom. The van der Waals surface area contributed by atoms with E-state index in [1.54, 1.807) is 0 Å². The van der Waals surface area contributed by atoms with E-state index in [0.29, 0.717) is 0 Å². The molecule has 1 aromatic heterocycles. The zero-order valence-electron chi connectivity index (χ0n) is 8.46. The molecule has 0 aliphatic carbocycles. The normalized spacial score (nSPS) is 14.1. The molecule has 2 rings (SSSR count). The summed E-state index contributed by atoms with van der Waals surface area (Å²) in [5.41, 5.74) is 7.37. The minimum Gasteiger partial charge on any atom is -0.314 e. The van der Waals surface area contributed by atoms with E-state index in [2.05, 4.69) is 22.3 Å². The molecule has 0 unspecified atom stereocenters. The molecule has 2 heterocycles. The molecule has 0 radical (unpaired) electrons. The van der Waals surface area contributed by atoms with Gasteiger partial charge in [-0.3, -0.25) is 15.4 Å². The molecule has 1 aliphatic rings. The van der Waals surface area contributed by atoms with Crippen LogP contribution in [0.5, 0.6) is 0 Å². The first-order valence-corrected chi connectivity index (χ1v) is 4.56. The molecule has 0 amide bonds. The number of fused-ring (bicyclic) bond motifs is 1. The molecule has 0 saturated carbocycles. The lowest BCUT2D eigenvalue weighted by molar-refractivity contribution is 0.779. The molecule has 0 atom stereocenters. The number of hydrogen-bond donors (Lipinski definition) is 2. The summed E-state index contributed by atoms with van der Waals surface area (Å²) >= 11 is 0. The molecule has 1 aromatic rings. The lowest BCUT2D eigenvalue weighted by Gasteiger charge is -2.15. The van der Waals surface area contributed by atoms with Crippen LogP contribution in [-0.4, -0.2) is 19.1 Å². The smallest absolute Gasteiger partial charge is 0.0890 e. The molecular weight excluding hydrogens is 176 g/mol. The van der Waals surface area contributed by atoms with E-state index in [-0.39, 0.29) is 0 Å². The second-order valence-electron chi connectivity index (χ2n) is 3.33. The van der Waals surface area contributed by atoms with Gasteiger partial charge in [0.05, 0.1) is 17.1 Å². The molecule has 0 spiro atoms. The third kappa shape index (κ3) is 1.24. The van der Waals surface area contributed by atoms with Crippen LogP contribution in [0.4, 0.5) is 5.69 Å². The first-order chi connectivity index (χ1) is 6.74. The van der Waals surface area contributed by atoms with Crippen LogP contribution in [0.2, 0.25) is 0 Å². The third-order valence-corrected chi connectivity index (χ3v) is 2.31. The van der Waals surface area contributed by atoms with E-state index < -0.39 is 0 Å². The second-order valence-corrected chi connectivity index (χ2v) is 3.33. The van der Waals surface area contributed by atoms with Gasteiger partial charge in [0.15, 0.2) is 0 Å². The standard InChI is InChI=1S/C10H14N4/c1-7-8-4-5-12-9(6-11-2)10(8)14(3)13-7/h4-5,11,13H,1,6H2,2-3H3. The van der Waals surface area contributed by atoms with Crippen LogP contribution < -0.4 is 15.8 Å². The maximum atomic E-state index is 4.34. The van der Waals surface area contributed by atoms with Crippen molar-refractivity contribution in [2.45, 2.75) is 6.54 Å². The Morgan fingerprint density at radius 2 is 2.43 bits per heavy atom. The highest BCUT2D eigenvalue weighted by molar-refractivity contribution is 5.81. The lowest BCUT2D eigenvalue weighted by Crippen LogP contribution is -2.27. The summed E-state index contributed by atoms with van der Waals surface area (Å²) < 4.78 is 0. The Balaban J connectivity index is 2.50. The zero-order chi connectivity index (χ0) is 10.1. The van der Waals surface area contributed by atoms with Crippen molar-refractivity contribution in [2.24, 2.45) is 0 Å². The van der Waals surface area contributed by atoms with Crippen LogP contribution >= 0.6 is 0 Å². The monoisotopic (exact) mass is 190 g/mol. The Morgan fingerprint density at radius 3 is 3.14 bits per heavy atom. The minimum absolute atomic E-state index is 0.766. The van der Waals surface area contributed by atoms with Gasteiger partial charge >= 0.3 is 0 Å². The van der Waals surface area contributed by atoms with Crippen molar-refractivity contribution in [3.05, 3.63) is 30.1 Å². The number of pyridine rings is 1. The van der Waals surface area contributed by atoms with Crippen molar-refractivity contribution in [3.63, 3.8) is 0 Å². The Hall–Kier alpha value is -1.55. The zero-order valence-corrected chi connectivity index (χ0v) is 8.46. The van der Waals surface area contributed by atoms with Gasteiger partial charge in [0.2, 0.25) is 0 Å². The average molecular weight is 190 g/mol. The molecule has 0 saturated heterocycles. The maximum absolute atomic E-state index is 4.34. The molecule has 0 aromatic carbocycles. The van der Waals surface area contributed by atoms with Crippen molar-refractivity contribution in [1.82, 2.24) is 15.7 Å². The van der Waals surface area contributed by atoms with E-state index in [1.165, 1.54) is 0 Å². The minimum atomic E-state index is 0.766. The summed E-state index contributed by atoms with van der Waals surface area (Å²) in [4.78, 5) is 4.34. The van der Waals surface area contributed by atoms with Crippen LogP contribution in [0.3, 0.4) is 0 Å². The second kappa shape index (κ2) is 3.31. The van der Waals surface area contributed by atoms with E-state index in [9.17, 15) is 0 Å². The first kappa shape index (κ1) is 9.02. The number of rotatable bonds is 2. The number of hydrazine groups is 1. The predicted octanol–water partition coefficient (Wildman–Crippen LogP) is 0.726. The highest BCUT2D eigenvalue weighted by Crippen LogP contribution is 2.31. The molecule has 14 heavy (non-hydrogen) atoms. The number of hydrogen-bond acceptors (Lipinski definition) is 4. The Kier molecular flexibility index (Phi) is 2.13. The maximum Gasteiger partial charge on any atom is 0.0890 e. The topological polar surface area (TPSA) is 40.2 Å². The van der Waals surface area contributed by atoms with Gasteiger partial charge in [-0.1, -0.05) is 6.58 Å². The molecule has 0 bridgehead atoms. The fourth-order valence-electron chi connectivity index (χ4n) is 1.73. The molecule has 2 N–H and O–H groups in total. The quantitative estimate of drug-likeness (QED) is 0.721. The molecule has 0 fully saturated rings. The largest absolute Gasteiger partial charge is 0.314 e. The van der Waals surface area contributed by atoms with Crippen LogP contribution in [0, 0.1) is 0 Å². The molecule has 1 aliphatic heterocycles. The summed E-state index contributed by atoms with van der Waals surface area (Å²) in [6, 6.07) is 1.98. The van der Waals surface area contributed by atoms with Crippen LogP contribution in [0.25, 0.3) is 5.70 Å². The van der Waals surface area contributed by atoms with Gasteiger partial charge in [0.1, 0.15) is 0 Å². The summed E-state index contributed by atoms with van der Waals surface area (Å²) in [5, 5.41) is 5.06. The van der Waals surface area contributed by atoms with Gasteiger partial charge < -0.3 is 5.32 Å². The lowest BCUT2D eigenvalue weighted by atomic mass is 10.1. The summed E-state index contributed by atoms with van der Waals surface area (Å²) in [6.45, 7) is 4.71. The fourth-order valence-corrected chi connectivity index (χ4v) is 1.73. The van der Waals surface area contributed by atoms with Gasteiger partial charge in [-0.2, -0.15) is 0 Å². The highest BCUT2D eigenvalue weighted by Gasteiger charge is 2.22. The summed E-state index contributed by atoms with van der Waals surface area (Å²) in [5.74, 6) is 0. The van der Waals surface area contributed by atoms with Crippen LogP contribution in [0.15, 0.2) is 18.8 Å².